The van der Waals surface area contributed by atoms with Gasteiger partial charge in [-0.25, -0.2) is 13.3 Å². The van der Waals surface area contributed by atoms with Gasteiger partial charge in [-0.3, -0.25) is 0 Å². The number of hydrogen-bond acceptors (Lipinski definition) is 1. The average molecular weight is 257 g/mol. The molecule has 2 atom stereocenters. The summed E-state index contributed by atoms with van der Waals surface area (Å²) in [5.74, 6) is -0.252. The largest absolute Gasteiger partial charge is 0.242 e. The highest BCUT2D eigenvalue weighted by atomic mass is 32.2. The highest BCUT2D eigenvalue weighted by Gasteiger charge is 2.23. The lowest BCUT2D eigenvalue weighted by Crippen LogP contribution is -2.35. The van der Waals surface area contributed by atoms with Crippen LogP contribution in [0.1, 0.15) is 45.7 Å². The van der Waals surface area contributed by atoms with Crippen LogP contribution in [0, 0.1) is 5.82 Å². The molecule has 0 fully saturated rings. The van der Waals surface area contributed by atoms with Crippen LogP contribution in [0.3, 0.4) is 0 Å². The molecule has 0 heterocycles. The number of benzene rings is 1. The van der Waals surface area contributed by atoms with E-state index in [2.05, 4.69) is 4.72 Å². The molecular weight excluding hydrogens is 237 g/mol. The Morgan fingerprint density at radius 1 is 1.35 bits per heavy atom. The van der Waals surface area contributed by atoms with Crippen LogP contribution < -0.4 is 4.72 Å². The maximum Gasteiger partial charge on any atom is 0.128 e. The fourth-order valence-electron chi connectivity index (χ4n) is 1.43. The highest BCUT2D eigenvalue weighted by Crippen LogP contribution is 2.22. The Morgan fingerprint density at radius 3 is 2.41 bits per heavy atom. The Labute approximate surface area is 105 Å². The minimum Gasteiger partial charge on any atom is -0.242 e. The Kier molecular flexibility index (Phi) is 4.83. The van der Waals surface area contributed by atoms with Gasteiger partial charge < -0.3 is 0 Å². The molecule has 96 valence electrons. The standard InChI is InChI=1S/C13H20FNOS/c1-5-12(15-17(16)13(2,3)4)10-8-6-7-9-11(10)14/h6-9,12,15H,5H2,1-4H3/t12?,17-/m0/s1. The molecule has 1 unspecified atom stereocenters. The Morgan fingerprint density at radius 2 is 1.94 bits per heavy atom. The van der Waals surface area contributed by atoms with Crippen molar-refractivity contribution < 1.29 is 8.60 Å². The summed E-state index contributed by atoms with van der Waals surface area (Å²) in [5.41, 5.74) is 0.576. The van der Waals surface area contributed by atoms with Crippen LogP contribution in [0.4, 0.5) is 4.39 Å². The average Bonchev–Trinajstić information content (AvgIpc) is 2.25. The van der Waals surface area contributed by atoms with Crippen molar-refractivity contribution in [1.29, 1.82) is 0 Å². The molecular formula is C13H20FNOS. The molecule has 17 heavy (non-hydrogen) atoms. The zero-order valence-corrected chi connectivity index (χ0v) is 11.6. The van der Waals surface area contributed by atoms with E-state index in [0.29, 0.717) is 12.0 Å². The summed E-state index contributed by atoms with van der Waals surface area (Å²) in [6.07, 6.45) is 0.697. The van der Waals surface area contributed by atoms with E-state index < -0.39 is 11.0 Å². The van der Waals surface area contributed by atoms with E-state index in [1.165, 1.54) is 6.07 Å². The van der Waals surface area contributed by atoms with Crippen molar-refractivity contribution in [3.8, 4) is 0 Å². The van der Waals surface area contributed by atoms with E-state index in [9.17, 15) is 8.60 Å². The minimum atomic E-state index is -1.19. The number of hydrogen-bond donors (Lipinski definition) is 1. The summed E-state index contributed by atoms with van der Waals surface area (Å²) in [4.78, 5) is 0. The molecule has 0 saturated heterocycles. The molecule has 2 nitrogen and oxygen atoms in total. The zero-order chi connectivity index (χ0) is 13.1. The first-order chi connectivity index (χ1) is 7.86. The van der Waals surface area contributed by atoms with Crippen LogP contribution in [0.25, 0.3) is 0 Å². The van der Waals surface area contributed by atoms with Crippen molar-refractivity contribution in [2.75, 3.05) is 0 Å². The van der Waals surface area contributed by atoms with Crippen LogP contribution in [0.5, 0.6) is 0 Å². The first kappa shape index (κ1) is 14.3. The van der Waals surface area contributed by atoms with Crippen LogP contribution in [0.15, 0.2) is 24.3 Å². The SMILES string of the molecule is CCC(N[S@@](=O)C(C)(C)C)c1ccccc1F. The predicted molar refractivity (Wildman–Crippen MR) is 70.5 cm³/mol. The molecule has 0 spiro atoms. The zero-order valence-electron chi connectivity index (χ0n) is 10.8. The Hall–Kier alpha value is -0.740. The van der Waals surface area contributed by atoms with Crippen LogP contribution >= 0.6 is 0 Å². The summed E-state index contributed by atoms with van der Waals surface area (Å²) in [6.45, 7) is 7.63. The van der Waals surface area contributed by atoms with Crippen molar-refractivity contribution in [2.24, 2.45) is 0 Å². The molecule has 4 heteroatoms. The van der Waals surface area contributed by atoms with E-state index in [1.807, 2.05) is 27.7 Å². The molecule has 0 aliphatic rings. The predicted octanol–water partition coefficient (Wildman–Crippen LogP) is 3.33. The second-order valence-electron chi connectivity index (χ2n) is 4.98. The third-order valence-electron chi connectivity index (χ3n) is 2.49. The van der Waals surface area contributed by atoms with Gasteiger partial charge in [-0.2, -0.15) is 0 Å². The highest BCUT2D eigenvalue weighted by molar-refractivity contribution is 7.84. The van der Waals surface area contributed by atoms with Crippen molar-refractivity contribution in [1.82, 2.24) is 4.72 Å². The summed E-state index contributed by atoms with van der Waals surface area (Å²) < 4.78 is 28.3. The molecule has 1 aromatic rings. The summed E-state index contributed by atoms with van der Waals surface area (Å²) in [7, 11) is -1.19. The van der Waals surface area contributed by atoms with Gasteiger partial charge in [-0.05, 0) is 33.3 Å². The number of rotatable bonds is 4. The molecule has 0 aliphatic heterocycles. The van der Waals surface area contributed by atoms with Gasteiger partial charge in [0, 0.05) is 11.6 Å². The fraction of sp³-hybridized carbons (Fsp3) is 0.538. The van der Waals surface area contributed by atoms with E-state index in [1.54, 1.807) is 18.2 Å². The molecule has 0 amide bonds. The molecule has 1 aromatic carbocycles. The van der Waals surface area contributed by atoms with Gasteiger partial charge in [0.25, 0.3) is 0 Å². The van der Waals surface area contributed by atoms with Crippen molar-refractivity contribution in [3.05, 3.63) is 35.6 Å². The Balaban J connectivity index is 2.87. The van der Waals surface area contributed by atoms with Crippen LogP contribution in [-0.4, -0.2) is 8.96 Å². The van der Waals surface area contributed by atoms with Gasteiger partial charge in [0.05, 0.1) is 15.7 Å². The van der Waals surface area contributed by atoms with Gasteiger partial charge in [-0.15, -0.1) is 0 Å². The van der Waals surface area contributed by atoms with E-state index in [4.69, 9.17) is 0 Å². The molecule has 0 radical (unpaired) electrons. The summed E-state index contributed by atoms with van der Waals surface area (Å²) in [6, 6.07) is 6.40. The first-order valence-electron chi connectivity index (χ1n) is 5.78. The topological polar surface area (TPSA) is 29.1 Å². The van der Waals surface area contributed by atoms with E-state index in [0.717, 1.165) is 0 Å². The maximum atomic E-state index is 13.6. The normalized spacial score (nSPS) is 15.6. The smallest absolute Gasteiger partial charge is 0.128 e. The van der Waals surface area contributed by atoms with Crippen molar-refractivity contribution >= 4 is 11.0 Å². The van der Waals surface area contributed by atoms with Crippen LogP contribution in [0.2, 0.25) is 0 Å². The minimum absolute atomic E-state index is 0.212. The maximum absolute atomic E-state index is 13.6. The van der Waals surface area contributed by atoms with Gasteiger partial charge >= 0.3 is 0 Å². The third kappa shape index (κ3) is 3.89. The van der Waals surface area contributed by atoms with E-state index >= 15 is 0 Å². The number of halogens is 1. The second-order valence-corrected chi connectivity index (χ2v) is 6.98. The molecule has 0 bridgehead atoms. The molecule has 0 saturated carbocycles. The van der Waals surface area contributed by atoms with Gasteiger partial charge in [-0.1, -0.05) is 25.1 Å². The van der Waals surface area contributed by atoms with Crippen molar-refractivity contribution in [2.45, 2.75) is 44.9 Å². The fourth-order valence-corrected chi connectivity index (χ4v) is 2.34. The molecule has 0 aliphatic carbocycles. The lowest BCUT2D eigenvalue weighted by Gasteiger charge is -2.24. The Bertz CT molecular complexity index is 401. The lowest BCUT2D eigenvalue weighted by atomic mass is 10.1. The quantitative estimate of drug-likeness (QED) is 0.880. The lowest BCUT2D eigenvalue weighted by molar-refractivity contribution is 0.545. The van der Waals surface area contributed by atoms with Gasteiger partial charge in [0.1, 0.15) is 5.82 Å². The van der Waals surface area contributed by atoms with Gasteiger partial charge in [0.15, 0.2) is 0 Å². The summed E-state index contributed by atoms with van der Waals surface area (Å²) in [5, 5.41) is 0. The van der Waals surface area contributed by atoms with Crippen molar-refractivity contribution in [3.63, 3.8) is 0 Å². The third-order valence-corrected chi connectivity index (χ3v) is 4.11. The molecule has 0 aromatic heterocycles. The van der Waals surface area contributed by atoms with Crippen LogP contribution in [-0.2, 0) is 11.0 Å². The molecule has 1 N–H and O–H groups in total. The number of nitrogens with one attached hydrogen (secondary N) is 1. The molecule has 1 rings (SSSR count). The van der Waals surface area contributed by atoms with E-state index in [-0.39, 0.29) is 16.6 Å². The van der Waals surface area contributed by atoms with Gasteiger partial charge in [0.2, 0.25) is 0 Å². The first-order valence-corrected chi connectivity index (χ1v) is 6.93. The summed E-state index contributed by atoms with van der Waals surface area (Å²) >= 11 is 0. The second kappa shape index (κ2) is 5.74. The monoisotopic (exact) mass is 257 g/mol.